The second-order valence-electron chi connectivity index (χ2n) is 4.50. The van der Waals surface area contributed by atoms with E-state index in [0.29, 0.717) is 12.5 Å². The zero-order valence-corrected chi connectivity index (χ0v) is 10.6. The molecule has 0 aliphatic carbocycles. The van der Waals surface area contributed by atoms with E-state index in [4.69, 9.17) is 10.5 Å². The maximum Gasteiger partial charge on any atom is 0.221 e. The molecule has 0 saturated heterocycles. The number of rotatable bonds is 2. The lowest BCUT2D eigenvalue weighted by Gasteiger charge is -2.25. The number of hydrogen-bond donors (Lipinski definition) is 1. The first-order valence-electron chi connectivity index (χ1n) is 6.08. The molecule has 0 spiro atoms. The van der Waals surface area contributed by atoms with Gasteiger partial charge in [-0.3, -0.25) is 4.99 Å². The number of fused-ring (bicyclic) bond motifs is 1. The minimum Gasteiger partial charge on any atom is -0.474 e. The molecule has 19 heavy (non-hydrogen) atoms. The van der Waals surface area contributed by atoms with Crippen molar-refractivity contribution in [3.05, 3.63) is 35.9 Å². The second-order valence-corrected chi connectivity index (χ2v) is 4.50. The van der Waals surface area contributed by atoms with E-state index in [2.05, 4.69) is 15.0 Å². The van der Waals surface area contributed by atoms with Crippen LogP contribution < -0.4 is 5.73 Å². The highest BCUT2D eigenvalue weighted by molar-refractivity contribution is 5.99. The van der Waals surface area contributed by atoms with Crippen LogP contribution in [0.1, 0.15) is 5.56 Å². The molecule has 0 radical (unpaired) electrons. The maximum absolute atomic E-state index is 5.75. The van der Waals surface area contributed by atoms with Crippen LogP contribution >= 0.6 is 0 Å². The highest BCUT2D eigenvalue weighted by Gasteiger charge is 2.36. The molecule has 98 valence electrons. The van der Waals surface area contributed by atoms with Gasteiger partial charge in [0.05, 0.1) is 6.34 Å². The molecule has 0 bridgehead atoms. The summed E-state index contributed by atoms with van der Waals surface area (Å²) in [6.07, 6.45) is 1.60. The number of benzene rings is 1. The van der Waals surface area contributed by atoms with Crippen LogP contribution in [-0.2, 0) is 11.3 Å². The summed E-state index contributed by atoms with van der Waals surface area (Å²) in [5.41, 5.74) is 6.79. The summed E-state index contributed by atoms with van der Waals surface area (Å²) in [6, 6.07) is 9.73. The largest absolute Gasteiger partial charge is 0.474 e. The number of aliphatic imine (C=N–C) groups is 3. The normalized spacial score (nSPS) is 24.8. The Morgan fingerprint density at radius 3 is 2.89 bits per heavy atom. The Morgan fingerprint density at radius 1 is 1.32 bits per heavy atom. The molecule has 2 N–H and O–H groups in total. The van der Waals surface area contributed by atoms with Crippen LogP contribution in [0.25, 0.3) is 0 Å². The number of likely N-dealkylation sites (N-methyl/N-ethyl adjacent to an activating group) is 1. The predicted molar refractivity (Wildman–Crippen MR) is 74.1 cm³/mol. The first kappa shape index (κ1) is 11.7. The summed E-state index contributed by atoms with van der Waals surface area (Å²) in [5, 5.41) is 0. The van der Waals surface area contributed by atoms with Gasteiger partial charge in [0.2, 0.25) is 11.9 Å². The van der Waals surface area contributed by atoms with E-state index < -0.39 is 0 Å². The first-order chi connectivity index (χ1) is 9.24. The van der Waals surface area contributed by atoms with Gasteiger partial charge in [0.25, 0.3) is 0 Å². The average molecular weight is 257 g/mol. The molecule has 0 fully saturated rings. The van der Waals surface area contributed by atoms with Gasteiger partial charge in [-0.1, -0.05) is 30.3 Å². The van der Waals surface area contributed by atoms with E-state index in [9.17, 15) is 0 Å². The second kappa shape index (κ2) is 4.72. The standard InChI is InChI=1S/C13H15N5O/c1-18-8-15-10-11(18)16-13(14)17-12(10)19-7-9-5-3-2-4-6-9/h2-6,8,10-11H,7H2,1H3,(H2,14,16). The van der Waals surface area contributed by atoms with Gasteiger partial charge >= 0.3 is 0 Å². The van der Waals surface area contributed by atoms with Gasteiger partial charge in [-0.05, 0) is 5.56 Å². The van der Waals surface area contributed by atoms with Crippen molar-refractivity contribution in [2.24, 2.45) is 20.7 Å². The molecule has 2 heterocycles. The third-order valence-electron chi connectivity index (χ3n) is 3.08. The Bertz CT molecular complexity index is 551. The van der Waals surface area contributed by atoms with Crippen LogP contribution in [0.15, 0.2) is 45.3 Å². The Labute approximate surface area is 111 Å². The Balaban J connectivity index is 1.73. The smallest absolute Gasteiger partial charge is 0.221 e. The van der Waals surface area contributed by atoms with Crippen LogP contribution in [0.5, 0.6) is 0 Å². The van der Waals surface area contributed by atoms with Crippen LogP contribution in [0, 0.1) is 0 Å². The first-order valence-corrected chi connectivity index (χ1v) is 6.08. The van der Waals surface area contributed by atoms with Gasteiger partial charge in [0, 0.05) is 7.05 Å². The molecule has 0 amide bonds. The van der Waals surface area contributed by atoms with Crippen molar-refractivity contribution in [2.75, 3.05) is 7.05 Å². The number of guanidine groups is 1. The number of nitrogens with two attached hydrogens (primary N) is 1. The summed E-state index contributed by atoms with van der Waals surface area (Å²) < 4.78 is 5.75. The summed E-state index contributed by atoms with van der Waals surface area (Å²) in [4.78, 5) is 14.7. The molecule has 1 aromatic rings. The van der Waals surface area contributed by atoms with E-state index in [1.807, 2.05) is 42.3 Å². The average Bonchev–Trinajstić information content (AvgIpc) is 2.79. The monoisotopic (exact) mass is 257 g/mol. The molecule has 6 heteroatoms. The lowest BCUT2D eigenvalue weighted by molar-refractivity contribution is 0.263. The molecule has 2 atom stereocenters. The molecule has 1 aromatic carbocycles. The third-order valence-corrected chi connectivity index (χ3v) is 3.08. The van der Waals surface area contributed by atoms with Crippen LogP contribution in [-0.4, -0.2) is 42.4 Å². The fourth-order valence-corrected chi connectivity index (χ4v) is 2.09. The minimum absolute atomic E-state index is 0.136. The molecule has 2 unspecified atom stereocenters. The van der Waals surface area contributed by atoms with Gasteiger partial charge in [-0.2, -0.15) is 4.99 Å². The molecule has 2 aliphatic rings. The minimum atomic E-state index is -0.194. The Hall–Kier alpha value is -2.37. The Kier molecular flexibility index (Phi) is 2.91. The van der Waals surface area contributed by atoms with Crippen molar-refractivity contribution in [3.8, 4) is 0 Å². The lowest BCUT2D eigenvalue weighted by Crippen LogP contribution is -2.42. The molecular formula is C13H15N5O. The third kappa shape index (κ3) is 2.29. The van der Waals surface area contributed by atoms with Crippen molar-refractivity contribution in [1.29, 1.82) is 0 Å². The van der Waals surface area contributed by atoms with Crippen molar-refractivity contribution in [2.45, 2.75) is 18.8 Å². The molecule has 6 nitrogen and oxygen atoms in total. The van der Waals surface area contributed by atoms with Crippen molar-refractivity contribution < 1.29 is 4.74 Å². The van der Waals surface area contributed by atoms with Gasteiger partial charge in [0.15, 0.2) is 12.2 Å². The predicted octanol–water partition coefficient (Wildman–Crippen LogP) is 0.598. The van der Waals surface area contributed by atoms with Crippen molar-refractivity contribution >= 4 is 18.2 Å². The van der Waals surface area contributed by atoms with Gasteiger partial charge < -0.3 is 15.4 Å². The summed E-state index contributed by atoms with van der Waals surface area (Å²) in [5.74, 6) is 0.767. The molecule has 0 saturated carbocycles. The Morgan fingerprint density at radius 2 is 2.11 bits per heavy atom. The summed E-state index contributed by atoms with van der Waals surface area (Å²) >= 11 is 0. The van der Waals surface area contributed by atoms with E-state index in [-0.39, 0.29) is 18.2 Å². The number of nitrogens with zero attached hydrogens (tertiary/aromatic N) is 4. The van der Waals surface area contributed by atoms with Gasteiger partial charge in [-0.25, -0.2) is 4.99 Å². The van der Waals surface area contributed by atoms with E-state index in [1.54, 1.807) is 6.34 Å². The molecule has 2 aliphatic heterocycles. The SMILES string of the molecule is CN1C=NC2C(OCc3ccccc3)=NC(N)=NC21. The van der Waals surface area contributed by atoms with Crippen LogP contribution in [0.2, 0.25) is 0 Å². The fraction of sp³-hybridized carbons (Fsp3) is 0.308. The van der Waals surface area contributed by atoms with Crippen molar-refractivity contribution in [3.63, 3.8) is 0 Å². The highest BCUT2D eigenvalue weighted by Crippen LogP contribution is 2.19. The van der Waals surface area contributed by atoms with Crippen LogP contribution in [0.4, 0.5) is 0 Å². The molecule has 3 rings (SSSR count). The fourth-order valence-electron chi connectivity index (χ4n) is 2.09. The number of ether oxygens (including phenoxy) is 1. The summed E-state index contributed by atoms with van der Waals surface area (Å²) in [6.45, 7) is 0.454. The quantitative estimate of drug-likeness (QED) is 0.843. The van der Waals surface area contributed by atoms with Crippen LogP contribution in [0.3, 0.4) is 0 Å². The zero-order valence-electron chi connectivity index (χ0n) is 10.6. The lowest BCUT2D eigenvalue weighted by atomic mass is 10.2. The molecule has 0 aromatic heterocycles. The van der Waals surface area contributed by atoms with E-state index in [1.165, 1.54) is 0 Å². The summed E-state index contributed by atoms with van der Waals surface area (Å²) in [7, 11) is 1.91. The van der Waals surface area contributed by atoms with Crippen molar-refractivity contribution in [1.82, 2.24) is 4.90 Å². The van der Waals surface area contributed by atoms with E-state index in [0.717, 1.165) is 5.56 Å². The maximum atomic E-state index is 5.75. The molecular weight excluding hydrogens is 242 g/mol. The van der Waals surface area contributed by atoms with Gasteiger partial charge in [0.1, 0.15) is 6.61 Å². The zero-order chi connectivity index (χ0) is 13.2. The topological polar surface area (TPSA) is 75.6 Å². The number of hydrogen-bond acceptors (Lipinski definition) is 6. The highest BCUT2D eigenvalue weighted by atomic mass is 16.5. The van der Waals surface area contributed by atoms with E-state index >= 15 is 0 Å². The van der Waals surface area contributed by atoms with Gasteiger partial charge in [-0.15, -0.1) is 0 Å².